The van der Waals surface area contributed by atoms with Crippen molar-refractivity contribution in [3.8, 4) is 11.3 Å². The number of rotatable bonds is 3. The van der Waals surface area contributed by atoms with E-state index in [1.165, 1.54) is 36.5 Å². The molecule has 7 heteroatoms. The minimum atomic E-state index is -4.51. The molecule has 132 valence electrons. The fourth-order valence-electron chi connectivity index (χ4n) is 2.38. The van der Waals surface area contributed by atoms with Gasteiger partial charge in [-0.05, 0) is 48.5 Å². The molecule has 0 aliphatic rings. The van der Waals surface area contributed by atoms with E-state index >= 15 is 0 Å². The maximum absolute atomic E-state index is 13.1. The van der Waals surface area contributed by atoms with Crippen LogP contribution in [0.2, 0.25) is 5.02 Å². The highest BCUT2D eigenvalue weighted by Crippen LogP contribution is 2.35. The van der Waals surface area contributed by atoms with E-state index in [0.29, 0.717) is 16.3 Å². The van der Waals surface area contributed by atoms with Crippen LogP contribution in [0.25, 0.3) is 11.3 Å². The average Bonchev–Trinajstić information content (AvgIpc) is 2.63. The van der Waals surface area contributed by atoms with Crippen LogP contribution in [0.15, 0.2) is 66.9 Å². The molecule has 0 bridgehead atoms. The third-order valence-electron chi connectivity index (χ3n) is 3.64. The molecule has 3 rings (SSSR count). The molecule has 0 spiro atoms. The molecule has 0 saturated carbocycles. The minimum absolute atomic E-state index is 0.176. The Morgan fingerprint density at radius 1 is 0.962 bits per heavy atom. The summed E-state index contributed by atoms with van der Waals surface area (Å²) < 4.78 is 39.3. The summed E-state index contributed by atoms with van der Waals surface area (Å²) >= 11 is 5.79. The Kier molecular flexibility index (Phi) is 4.95. The standard InChI is InChI=1S/C19H12ClF3N2O/c20-14-7-9-15(10-8-14)25-18(26)13-5-3-12(4-6-13)17-16(19(21,22)23)2-1-11-24-17/h1-11H,(H,25,26). The molecule has 1 aromatic heterocycles. The molecule has 1 N–H and O–H groups in total. The van der Waals surface area contributed by atoms with E-state index in [0.717, 1.165) is 6.07 Å². The van der Waals surface area contributed by atoms with Gasteiger partial charge in [-0.25, -0.2) is 0 Å². The first-order valence-electron chi connectivity index (χ1n) is 7.54. The molecule has 1 heterocycles. The molecule has 0 fully saturated rings. The van der Waals surface area contributed by atoms with Crippen LogP contribution in [0, 0.1) is 0 Å². The van der Waals surface area contributed by atoms with Crippen molar-refractivity contribution >= 4 is 23.2 Å². The van der Waals surface area contributed by atoms with Crippen molar-refractivity contribution in [1.82, 2.24) is 4.98 Å². The van der Waals surface area contributed by atoms with Crippen LogP contribution >= 0.6 is 11.6 Å². The topological polar surface area (TPSA) is 42.0 Å². The highest BCUT2D eigenvalue weighted by atomic mass is 35.5. The number of hydrogen-bond acceptors (Lipinski definition) is 2. The zero-order chi connectivity index (χ0) is 18.7. The van der Waals surface area contributed by atoms with E-state index in [9.17, 15) is 18.0 Å². The van der Waals surface area contributed by atoms with Crippen LogP contribution in [0.1, 0.15) is 15.9 Å². The Bertz CT molecular complexity index is 923. The van der Waals surface area contributed by atoms with Crippen molar-refractivity contribution in [2.75, 3.05) is 5.32 Å². The lowest BCUT2D eigenvalue weighted by molar-refractivity contribution is -0.137. The molecule has 3 nitrogen and oxygen atoms in total. The maximum atomic E-state index is 13.1. The van der Waals surface area contributed by atoms with E-state index < -0.39 is 11.7 Å². The lowest BCUT2D eigenvalue weighted by Crippen LogP contribution is -2.12. The number of anilines is 1. The normalized spacial score (nSPS) is 11.2. The number of aromatic nitrogens is 1. The van der Waals surface area contributed by atoms with Gasteiger partial charge in [-0.2, -0.15) is 13.2 Å². The number of amides is 1. The lowest BCUT2D eigenvalue weighted by Gasteiger charge is -2.12. The highest BCUT2D eigenvalue weighted by Gasteiger charge is 2.34. The van der Waals surface area contributed by atoms with E-state index in [2.05, 4.69) is 10.3 Å². The number of halogens is 4. The summed E-state index contributed by atoms with van der Waals surface area (Å²) in [5.41, 5.74) is 0.157. The molecule has 3 aromatic rings. The number of nitrogens with one attached hydrogen (secondary N) is 1. The molecule has 0 radical (unpaired) electrons. The second-order valence-corrected chi connectivity index (χ2v) is 5.87. The van der Waals surface area contributed by atoms with Crippen LogP contribution < -0.4 is 5.32 Å². The van der Waals surface area contributed by atoms with E-state index in [1.807, 2.05) is 0 Å². The van der Waals surface area contributed by atoms with Gasteiger partial charge in [-0.1, -0.05) is 23.7 Å². The Hall–Kier alpha value is -2.86. The van der Waals surface area contributed by atoms with Gasteiger partial charge in [0, 0.05) is 28.0 Å². The zero-order valence-corrected chi connectivity index (χ0v) is 14.0. The second-order valence-electron chi connectivity index (χ2n) is 5.44. The van der Waals surface area contributed by atoms with Crippen molar-refractivity contribution in [3.05, 3.63) is 83.0 Å². The molecule has 1 amide bonds. The molecule has 2 aromatic carbocycles. The molecule has 26 heavy (non-hydrogen) atoms. The summed E-state index contributed by atoms with van der Waals surface area (Å²) in [5.74, 6) is -0.379. The number of pyridine rings is 1. The smallest absolute Gasteiger partial charge is 0.322 e. The fourth-order valence-corrected chi connectivity index (χ4v) is 2.51. The van der Waals surface area contributed by atoms with Gasteiger partial charge >= 0.3 is 6.18 Å². The summed E-state index contributed by atoms with van der Waals surface area (Å²) in [7, 11) is 0. The minimum Gasteiger partial charge on any atom is -0.322 e. The predicted octanol–water partition coefficient (Wildman–Crippen LogP) is 5.67. The van der Waals surface area contributed by atoms with Gasteiger partial charge in [0.25, 0.3) is 5.91 Å². The van der Waals surface area contributed by atoms with Crippen LogP contribution in [-0.4, -0.2) is 10.9 Å². The molecular formula is C19H12ClF3N2O. The quantitative estimate of drug-likeness (QED) is 0.639. The van der Waals surface area contributed by atoms with E-state index in [-0.39, 0.29) is 17.2 Å². The van der Waals surface area contributed by atoms with Gasteiger partial charge < -0.3 is 5.32 Å². The molecule has 0 unspecified atom stereocenters. The number of carbonyl (C=O) groups is 1. The Balaban J connectivity index is 1.83. The predicted molar refractivity (Wildman–Crippen MR) is 94.1 cm³/mol. The Labute approximate surface area is 152 Å². The molecule has 0 atom stereocenters. The van der Waals surface area contributed by atoms with Crippen molar-refractivity contribution in [1.29, 1.82) is 0 Å². The van der Waals surface area contributed by atoms with Gasteiger partial charge in [0.15, 0.2) is 0 Å². The molecular weight excluding hydrogens is 365 g/mol. The summed E-state index contributed by atoms with van der Waals surface area (Å²) in [5, 5.41) is 3.23. The van der Waals surface area contributed by atoms with Crippen LogP contribution in [0.3, 0.4) is 0 Å². The second kappa shape index (κ2) is 7.17. The van der Waals surface area contributed by atoms with Gasteiger partial charge in [-0.15, -0.1) is 0 Å². The summed E-state index contributed by atoms with van der Waals surface area (Å²) in [6.45, 7) is 0. The number of benzene rings is 2. The Morgan fingerprint density at radius 3 is 2.23 bits per heavy atom. The average molecular weight is 377 g/mol. The summed E-state index contributed by atoms with van der Waals surface area (Å²) in [6, 6.07) is 14.6. The van der Waals surface area contributed by atoms with Crippen LogP contribution in [-0.2, 0) is 6.18 Å². The number of alkyl halides is 3. The van der Waals surface area contributed by atoms with Gasteiger partial charge in [0.05, 0.1) is 11.3 Å². The maximum Gasteiger partial charge on any atom is 0.418 e. The van der Waals surface area contributed by atoms with Crippen molar-refractivity contribution in [3.63, 3.8) is 0 Å². The third-order valence-corrected chi connectivity index (χ3v) is 3.89. The highest BCUT2D eigenvalue weighted by molar-refractivity contribution is 6.30. The molecule has 0 aliphatic carbocycles. The van der Waals surface area contributed by atoms with Gasteiger partial charge in [0.1, 0.15) is 0 Å². The number of nitrogens with zero attached hydrogens (tertiary/aromatic N) is 1. The van der Waals surface area contributed by atoms with Crippen LogP contribution in [0.5, 0.6) is 0 Å². The SMILES string of the molecule is O=C(Nc1ccc(Cl)cc1)c1ccc(-c2ncccc2C(F)(F)F)cc1. The first-order chi connectivity index (χ1) is 12.3. The third kappa shape index (κ3) is 4.03. The molecule has 0 aliphatic heterocycles. The van der Waals surface area contributed by atoms with Crippen LogP contribution in [0.4, 0.5) is 18.9 Å². The van der Waals surface area contributed by atoms with Crippen molar-refractivity contribution in [2.24, 2.45) is 0 Å². The van der Waals surface area contributed by atoms with Gasteiger partial charge in [-0.3, -0.25) is 9.78 Å². The fraction of sp³-hybridized carbons (Fsp3) is 0.0526. The largest absolute Gasteiger partial charge is 0.418 e. The first kappa shape index (κ1) is 17.9. The first-order valence-corrected chi connectivity index (χ1v) is 7.92. The summed E-state index contributed by atoms with van der Waals surface area (Å²) in [4.78, 5) is 16.1. The van der Waals surface area contributed by atoms with Crippen molar-refractivity contribution in [2.45, 2.75) is 6.18 Å². The number of hydrogen-bond donors (Lipinski definition) is 1. The lowest BCUT2D eigenvalue weighted by atomic mass is 10.0. The number of carbonyl (C=O) groups excluding carboxylic acids is 1. The Morgan fingerprint density at radius 2 is 1.62 bits per heavy atom. The summed E-state index contributed by atoms with van der Waals surface area (Å²) in [6.07, 6.45) is -3.21. The van der Waals surface area contributed by atoms with E-state index in [1.54, 1.807) is 24.3 Å². The van der Waals surface area contributed by atoms with Gasteiger partial charge in [0.2, 0.25) is 0 Å². The van der Waals surface area contributed by atoms with E-state index in [4.69, 9.17) is 11.6 Å². The monoisotopic (exact) mass is 376 g/mol. The molecule has 0 saturated heterocycles. The zero-order valence-electron chi connectivity index (χ0n) is 13.2. The van der Waals surface area contributed by atoms with Crippen molar-refractivity contribution < 1.29 is 18.0 Å².